The van der Waals surface area contributed by atoms with Crippen LogP contribution in [0.3, 0.4) is 0 Å². The fraction of sp³-hybridized carbons (Fsp3) is 0.278. The summed E-state index contributed by atoms with van der Waals surface area (Å²) in [6, 6.07) is 10.5. The first-order valence-corrected chi connectivity index (χ1v) is 9.29. The Bertz CT molecular complexity index is 829. The Morgan fingerprint density at radius 1 is 1.15 bits per heavy atom. The molecule has 8 heteroatoms. The van der Waals surface area contributed by atoms with Gasteiger partial charge in [0.1, 0.15) is 13.2 Å². The van der Waals surface area contributed by atoms with E-state index in [9.17, 15) is 9.00 Å². The van der Waals surface area contributed by atoms with Crippen LogP contribution in [0.2, 0.25) is 0 Å². The van der Waals surface area contributed by atoms with Crippen LogP contribution in [0.25, 0.3) is 0 Å². The summed E-state index contributed by atoms with van der Waals surface area (Å²) in [4.78, 5) is 12.7. The van der Waals surface area contributed by atoms with E-state index < -0.39 is 10.8 Å². The largest absolute Gasteiger partial charge is 0.486 e. The van der Waals surface area contributed by atoms with Crippen molar-refractivity contribution in [3.05, 3.63) is 42.0 Å². The standard InChI is InChI=1S/C18H20N2O4S.ClH/c1-12-2-3-13(19)10-15(12)20-18(21)6-9-25(22)14-4-5-16-17(11-14)24-8-7-23-16;/h2-5,10-11H,6-9,19H2,1H3,(H,20,21);1H. The van der Waals surface area contributed by atoms with E-state index in [-0.39, 0.29) is 30.5 Å². The number of rotatable bonds is 5. The number of anilines is 2. The van der Waals surface area contributed by atoms with Crippen LogP contribution < -0.4 is 20.5 Å². The van der Waals surface area contributed by atoms with Crippen molar-refractivity contribution in [1.82, 2.24) is 0 Å². The van der Waals surface area contributed by atoms with Crippen LogP contribution in [-0.4, -0.2) is 29.1 Å². The Hall–Kier alpha value is -2.25. The third-order valence-electron chi connectivity index (χ3n) is 3.83. The minimum Gasteiger partial charge on any atom is -0.486 e. The lowest BCUT2D eigenvalue weighted by molar-refractivity contribution is -0.115. The molecule has 1 unspecified atom stereocenters. The molecule has 1 heterocycles. The zero-order valence-electron chi connectivity index (χ0n) is 14.3. The molecule has 0 radical (unpaired) electrons. The van der Waals surface area contributed by atoms with Crippen LogP contribution in [0.5, 0.6) is 11.5 Å². The van der Waals surface area contributed by atoms with E-state index in [0.29, 0.717) is 41.0 Å². The van der Waals surface area contributed by atoms with Crippen molar-refractivity contribution >= 4 is 40.5 Å². The third kappa shape index (κ3) is 4.89. The second-order valence-electron chi connectivity index (χ2n) is 5.73. The molecule has 1 aliphatic rings. The van der Waals surface area contributed by atoms with Gasteiger partial charge < -0.3 is 20.5 Å². The number of nitrogens with two attached hydrogens (primary N) is 1. The van der Waals surface area contributed by atoms with Gasteiger partial charge in [-0.3, -0.25) is 9.00 Å². The van der Waals surface area contributed by atoms with Crippen LogP contribution in [0.1, 0.15) is 12.0 Å². The van der Waals surface area contributed by atoms with E-state index in [1.807, 2.05) is 13.0 Å². The summed E-state index contributed by atoms with van der Waals surface area (Å²) in [5.41, 5.74) is 7.92. The van der Waals surface area contributed by atoms with Crippen molar-refractivity contribution < 1.29 is 18.5 Å². The van der Waals surface area contributed by atoms with Gasteiger partial charge in [-0.1, -0.05) is 6.07 Å². The van der Waals surface area contributed by atoms with Crippen molar-refractivity contribution in [2.75, 3.05) is 30.0 Å². The van der Waals surface area contributed by atoms with Gasteiger partial charge in [-0.15, -0.1) is 12.4 Å². The van der Waals surface area contributed by atoms with E-state index in [2.05, 4.69) is 5.32 Å². The number of nitrogen functional groups attached to an aromatic ring is 1. The van der Waals surface area contributed by atoms with Gasteiger partial charge in [-0.05, 0) is 36.8 Å². The molecule has 0 aromatic heterocycles. The fourth-order valence-corrected chi connectivity index (χ4v) is 3.52. The molecule has 0 aliphatic carbocycles. The fourth-order valence-electron chi connectivity index (χ4n) is 2.46. The highest BCUT2D eigenvalue weighted by atomic mass is 35.5. The average molecular weight is 397 g/mol. The zero-order chi connectivity index (χ0) is 17.8. The second-order valence-corrected chi connectivity index (χ2v) is 7.30. The lowest BCUT2D eigenvalue weighted by Gasteiger charge is -2.18. The highest BCUT2D eigenvalue weighted by molar-refractivity contribution is 7.85. The van der Waals surface area contributed by atoms with Crippen LogP contribution >= 0.6 is 12.4 Å². The van der Waals surface area contributed by atoms with Crippen molar-refractivity contribution in [1.29, 1.82) is 0 Å². The molecular weight excluding hydrogens is 376 g/mol. The summed E-state index contributed by atoms with van der Waals surface area (Å²) >= 11 is 0. The minimum atomic E-state index is -1.29. The first-order valence-electron chi connectivity index (χ1n) is 7.97. The van der Waals surface area contributed by atoms with Crippen LogP contribution in [0.4, 0.5) is 11.4 Å². The molecule has 0 saturated heterocycles. The Morgan fingerprint density at radius 2 is 1.88 bits per heavy atom. The molecule has 1 aliphatic heterocycles. The van der Waals surface area contributed by atoms with E-state index in [1.165, 1.54) is 0 Å². The predicted molar refractivity (Wildman–Crippen MR) is 105 cm³/mol. The molecule has 2 aromatic carbocycles. The molecule has 1 amide bonds. The molecule has 1 atom stereocenters. The number of aryl methyl sites for hydroxylation is 1. The van der Waals surface area contributed by atoms with Crippen molar-refractivity contribution in [2.45, 2.75) is 18.2 Å². The maximum atomic E-state index is 12.4. The Labute approximate surface area is 160 Å². The Morgan fingerprint density at radius 3 is 2.65 bits per heavy atom. The van der Waals surface area contributed by atoms with Gasteiger partial charge >= 0.3 is 0 Å². The third-order valence-corrected chi connectivity index (χ3v) is 5.18. The van der Waals surface area contributed by atoms with E-state index in [4.69, 9.17) is 15.2 Å². The number of amides is 1. The maximum absolute atomic E-state index is 12.4. The molecule has 140 valence electrons. The monoisotopic (exact) mass is 396 g/mol. The first-order chi connectivity index (χ1) is 12.0. The summed E-state index contributed by atoms with van der Waals surface area (Å²) in [6.45, 7) is 2.88. The van der Waals surface area contributed by atoms with Gasteiger partial charge in [-0.25, -0.2) is 0 Å². The summed E-state index contributed by atoms with van der Waals surface area (Å²) < 4.78 is 23.4. The number of benzene rings is 2. The van der Waals surface area contributed by atoms with Gasteiger partial charge in [0, 0.05) is 34.5 Å². The number of carbonyl (C=O) groups excluding carboxylic acids is 1. The molecule has 3 rings (SSSR count). The molecule has 26 heavy (non-hydrogen) atoms. The average Bonchev–Trinajstić information content (AvgIpc) is 2.62. The number of fused-ring (bicyclic) bond motifs is 1. The lowest BCUT2D eigenvalue weighted by Crippen LogP contribution is -2.17. The number of carbonyl (C=O) groups is 1. The highest BCUT2D eigenvalue weighted by Crippen LogP contribution is 2.31. The number of ether oxygens (including phenoxy) is 2. The Balaban J connectivity index is 0.00000243. The second kappa shape index (κ2) is 8.91. The normalized spacial score (nSPS) is 13.4. The van der Waals surface area contributed by atoms with Crippen molar-refractivity contribution in [3.63, 3.8) is 0 Å². The molecule has 0 saturated carbocycles. The van der Waals surface area contributed by atoms with Gasteiger partial charge in [0.25, 0.3) is 0 Å². The van der Waals surface area contributed by atoms with Crippen LogP contribution in [0.15, 0.2) is 41.3 Å². The first kappa shape index (κ1) is 20.1. The van der Waals surface area contributed by atoms with Gasteiger partial charge in [-0.2, -0.15) is 0 Å². The van der Waals surface area contributed by atoms with E-state index in [1.54, 1.807) is 30.3 Å². The van der Waals surface area contributed by atoms with E-state index in [0.717, 1.165) is 5.56 Å². The van der Waals surface area contributed by atoms with Crippen molar-refractivity contribution in [2.24, 2.45) is 0 Å². The van der Waals surface area contributed by atoms with E-state index >= 15 is 0 Å². The Kier molecular flexibility index (Phi) is 6.88. The quantitative estimate of drug-likeness (QED) is 0.758. The number of nitrogens with one attached hydrogen (secondary N) is 1. The molecular formula is C18H21ClN2O4S. The number of hydrogen-bond donors (Lipinski definition) is 2. The molecule has 2 aromatic rings. The van der Waals surface area contributed by atoms with Gasteiger partial charge in [0.15, 0.2) is 11.5 Å². The summed E-state index contributed by atoms with van der Waals surface area (Å²) in [6.07, 6.45) is 0.148. The van der Waals surface area contributed by atoms with Crippen molar-refractivity contribution in [3.8, 4) is 11.5 Å². The number of halogens is 1. The van der Waals surface area contributed by atoms with Crippen LogP contribution in [0, 0.1) is 6.92 Å². The minimum absolute atomic E-state index is 0. The topological polar surface area (TPSA) is 90.7 Å². The summed E-state index contributed by atoms with van der Waals surface area (Å²) in [5, 5.41) is 2.81. The SMILES string of the molecule is Cc1ccc(N)cc1NC(=O)CCS(=O)c1ccc2c(c1)OCCO2.Cl. The zero-order valence-corrected chi connectivity index (χ0v) is 16.0. The molecule has 3 N–H and O–H groups in total. The molecule has 0 spiro atoms. The molecule has 0 fully saturated rings. The summed E-state index contributed by atoms with van der Waals surface area (Å²) in [5.74, 6) is 1.28. The predicted octanol–water partition coefficient (Wildman–Crippen LogP) is 2.91. The number of hydrogen-bond acceptors (Lipinski definition) is 5. The van der Waals surface area contributed by atoms with Gasteiger partial charge in [0.05, 0.1) is 10.8 Å². The van der Waals surface area contributed by atoms with Crippen LogP contribution in [-0.2, 0) is 15.6 Å². The highest BCUT2D eigenvalue weighted by Gasteiger charge is 2.15. The molecule has 6 nitrogen and oxygen atoms in total. The lowest BCUT2D eigenvalue weighted by atomic mass is 10.2. The van der Waals surface area contributed by atoms with Gasteiger partial charge in [0.2, 0.25) is 5.91 Å². The smallest absolute Gasteiger partial charge is 0.225 e. The molecule has 0 bridgehead atoms. The maximum Gasteiger partial charge on any atom is 0.225 e. The summed E-state index contributed by atoms with van der Waals surface area (Å²) in [7, 11) is -1.29.